The number of aromatic nitrogens is 1. The minimum atomic E-state index is -3.79. The summed E-state index contributed by atoms with van der Waals surface area (Å²) in [5.41, 5.74) is 1.93. The lowest BCUT2D eigenvalue weighted by Gasteiger charge is -2.13. The molecule has 3 aromatic carbocycles. The number of rotatable bonds is 11. The van der Waals surface area contributed by atoms with Crippen molar-refractivity contribution in [1.29, 1.82) is 0 Å². The topological polar surface area (TPSA) is 121 Å². The Morgan fingerprint density at radius 1 is 0.943 bits per heavy atom. The quantitative estimate of drug-likeness (QED) is 0.237. The van der Waals surface area contributed by atoms with Gasteiger partial charge < -0.3 is 20.3 Å². The summed E-state index contributed by atoms with van der Waals surface area (Å²) in [6.07, 6.45) is 1.61. The van der Waals surface area contributed by atoms with E-state index in [1.807, 2.05) is 24.3 Å². The van der Waals surface area contributed by atoms with E-state index in [9.17, 15) is 18.6 Å². The van der Waals surface area contributed by atoms with Crippen molar-refractivity contribution in [3.63, 3.8) is 0 Å². The Bertz CT molecular complexity index is 1350. The third kappa shape index (κ3) is 6.69. The van der Waals surface area contributed by atoms with E-state index in [2.05, 4.69) is 15.0 Å². The van der Waals surface area contributed by atoms with Gasteiger partial charge in [0.15, 0.2) is 0 Å². The summed E-state index contributed by atoms with van der Waals surface area (Å²) in [7, 11) is -3.79. The molecule has 0 bridgehead atoms. The lowest BCUT2D eigenvalue weighted by atomic mass is 10.1. The van der Waals surface area contributed by atoms with Crippen LogP contribution in [0.2, 0.25) is 0 Å². The normalized spacial score (nSPS) is 12.4. The highest BCUT2D eigenvalue weighted by atomic mass is 32.2. The molecule has 0 spiro atoms. The van der Waals surface area contributed by atoms with Crippen LogP contribution < -0.4 is 14.8 Å². The molecule has 4 N–H and O–H groups in total. The molecule has 0 radical (unpaired) electrons. The zero-order valence-corrected chi connectivity index (χ0v) is 19.8. The molecular weight excluding hydrogens is 466 g/mol. The van der Waals surface area contributed by atoms with Gasteiger partial charge in [0.2, 0.25) is 0 Å². The van der Waals surface area contributed by atoms with E-state index < -0.39 is 16.1 Å². The molecule has 0 fully saturated rings. The van der Waals surface area contributed by atoms with Crippen molar-refractivity contribution >= 4 is 26.6 Å². The van der Waals surface area contributed by atoms with Gasteiger partial charge >= 0.3 is 0 Å². The van der Waals surface area contributed by atoms with Crippen LogP contribution in [0, 0.1) is 0 Å². The molecule has 1 heterocycles. The maximum Gasteiger partial charge on any atom is 0.264 e. The first-order chi connectivity index (χ1) is 16.9. The van der Waals surface area contributed by atoms with Crippen LogP contribution in [-0.2, 0) is 16.4 Å². The van der Waals surface area contributed by atoms with E-state index in [0.717, 1.165) is 10.9 Å². The van der Waals surface area contributed by atoms with Gasteiger partial charge in [0.05, 0.1) is 5.52 Å². The zero-order chi connectivity index (χ0) is 24.7. The molecule has 182 valence electrons. The Morgan fingerprint density at radius 3 is 2.46 bits per heavy atom. The molecule has 0 aliphatic heterocycles. The summed E-state index contributed by atoms with van der Waals surface area (Å²) < 4.78 is 34.0. The number of fused-ring (bicyclic) bond motifs is 1. The molecule has 9 heteroatoms. The van der Waals surface area contributed by atoms with E-state index in [1.165, 1.54) is 12.1 Å². The van der Waals surface area contributed by atoms with Crippen molar-refractivity contribution in [2.75, 3.05) is 24.4 Å². The molecule has 0 aliphatic carbocycles. The van der Waals surface area contributed by atoms with Gasteiger partial charge in [0.25, 0.3) is 10.0 Å². The molecule has 0 amide bonds. The van der Waals surface area contributed by atoms with E-state index in [-0.39, 0.29) is 17.3 Å². The van der Waals surface area contributed by atoms with Crippen molar-refractivity contribution in [2.24, 2.45) is 0 Å². The van der Waals surface area contributed by atoms with Crippen molar-refractivity contribution in [3.8, 4) is 11.5 Å². The van der Waals surface area contributed by atoms with Gasteiger partial charge in [-0.05, 0) is 67.1 Å². The largest absolute Gasteiger partial charge is 0.508 e. The third-order valence-electron chi connectivity index (χ3n) is 5.34. The van der Waals surface area contributed by atoms with Crippen LogP contribution in [0.1, 0.15) is 5.56 Å². The Labute approximate surface area is 204 Å². The first-order valence-corrected chi connectivity index (χ1v) is 12.7. The van der Waals surface area contributed by atoms with E-state index in [4.69, 9.17) is 4.74 Å². The molecule has 0 unspecified atom stereocenters. The van der Waals surface area contributed by atoms with Gasteiger partial charge in [0, 0.05) is 23.8 Å². The monoisotopic (exact) mass is 493 g/mol. The molecule has 0 aliphatic rings. The van der Waals surface area contributed by atoms with E-state index in [1.54, 1.807) is 48.7 Å². The molecule has 4 aromatic rings. The van der Waals surface area contributed by atoms with Crippen LogP contribution in [0.5, 0.6) is 11.5 Å². The molecule has 35 heavy (non-hydrogen) atoms. The van der Waals surface area contributed by atoms with Gasteiger partial charge in [-0.15, -0.1) is 0 Å². The Morgan fingerprint density at radius 2 is 1.69 bits per heavy atom. The van der Waals surface area contributed by atoms with Gasteiger partial charge in [-0.1, -0.05) is 30.3 Å². The highest BCUT2D eigenvalue weighted by Gasteiger charge is 2.18. The third-order valence-corrected chi connectivity index (χ3v) is 6.75. The van der Waals surface area contributed by atoms with Gasteiger partial charge in [-0.2, -0.15) is 0 Å². The summed E-state index contributed by atoms with van der Waals surface area (Å²) in [4.78, 5) is 4.36. The number of aromatic hydroxyl groups is 1. The van der Waals surface area contributed by atoms with Crippen LogP contribution in [0.4, 0.5) is 5.69 Å². The number of hydrogen-bond acceptors (Lipinski definition) is 7. The highest BCUT2D eigenvalue weighted by molar-refractivity contribution is 7.93. The molecule has 8 nitrogen and oxygen atoms in total. The Kier molecular flexibility index (Phi) is 7.81. The number of phenolic OH excluding ortho intramolecular Hbond substituents is 1. The number of aliphatic hydroxyl groups is 1. The number of hydrogen-bond donors (Lipinski definition) is 4. The first kappa shape index (κ1) is 24.5. The number of sulfonamides is 1. The lowest BCUT2D eigenvalue weighted by molar-refractivity contribution is 0.106. The van der Waals surface area contributed by atoms with Crippen molar-refractivity contribution in [3.05, 3.63) is 90.6 Å². The van der Waals surface area contributed by atoms with Crippen LogP contribution in [-0.4, -0.2) is 49.4 Å². The number of benzene rings is 3. The number of pyridine rings is 1. The van der Waals surface area contributed by atoms with E-state index >= 15 is 0 Å². The van der Waals surface area contributed by atoms with Gasteiger partial charge in [-0.25, -0.2) is 8.42 Å². The van der Waals surface area contributed by atoms with Crippen molar-refractivity contribution in [2.45, 2.75) is 17.4 Å². The number of nitrogens with zero attached hydrogens (tertiary/aromatic N) is 1. The second-order valence-electron chi connectivity index (χ2n) is 8.05. The standard InChI is InChI=1S/C26H27N3O5S/c30-22-10-12-24(13-11-22)34-18-23(31)17-27-16-14-19-6-8-21(9-7-19)29-35(32,33)25-5-1-3-20-4-2-15-28-26(20)25/h1-13,15,23,27,29-31H,14,16-18H2/t23-/m0/s1. The summed E-state index contributed by atoms with van der Waals surface area (Å²) in [5.74, 6) is 0.737. The number of anilines is 1. The minimum Gasteiger partial charge on any atom is -0.508 e. The molecule has 0 saturated carbocycles. The van der Waals surface area contributed by atoms with E-state index in [0.29, 0.717) is 36.5 Å². The van der Waals surface area contributed by atoms with Crippen molar-refractivity contribution < 1.29 is 23.4 Å². The molecule has 1 atom stereocenters. The molecule has 4 rings (SSSR count). The fourth-order valence-corrected chi connectivity index (χ4v) is 4.78. The van der Waals surface area contributed by atoms with Gasteiger partial charge in [0.1, 0.15) is 29.1 Å². The highest BCUT2D eigenvalue weighted by Crippen LogP contribution is 2.23. The van der Waals surface area contributed by atoms with Crippen LogP contribution in [0.25, 0.3) is 10.9 Å². The SMILES string of the molecule is O=S(=O)(Nc1ccc(CCNC[C@H](O)COc2ccc(O)cc2)cc1)c1cccc2cccnc12. The first-order valence-electron chi connectivity index (χ1n) is 11.2. The molecule has 1 aromatic heterocycles. The fourth-order valence-electron chi connectivity index (χ4n) is 3.54. The molecular formula is C26H27N3O5S. The molecule has 0 saturated heterocycles. The summed E-state index contributed by atoms with van der Waals surface area (Å²) in [6, 6.07) is 22.2. The van der Waals surface area contributed by atoms with Gasteiger partial charge in [-0.3, -0.25) is 9.71 Å². The number of phenols is 1. The lowest BCUT2D eigenvalue weighted by Crippen LogP contribution is -2.32. The number of para-hydroxylation sites is 1. The van der Waals surface area contributed by atoms with Crippen molar-refractivity contribution in [1.82, 2.24) is 10.3 Å². The van der Waals surface area contributed by atoms with Crippen LogP contribution in [0.3, 0.4) is 0 Å². The average Bonchev–Trinajstić information content (AvgIpc) is 2.86. The zero-order valence-electron chi connectivity index (χ0n) is 19.0. The second-order valence-corrected chi connectivity index (χ2v) is 9.70. The fraction of sp³-hybridized carbons (Fsp3) is 0.192. The number of aliphatic hydroxyl groups excluding tert-OH is 1. The minimum absolute atomic E-state index is 0.136. The second kappa shape index (κ2) is 11.2. The Balaban J connectivity index is 1.24. The summed E-state index contributed by atoms with van der Waals surface area (Å²) in [5, 5.41) is 23.3. The average molecular weight is 494 g/mol. The summed E-state index contributed by atoms with van der Waals surface area (Å²) >= 11 is 0. The predicted molar refractivity (Wildman–Crippen MR) is 135 cm³/mol. The predicted octanol–water partition coefficient (Wildman–Crippen LogP) is 3.31. The Hall–Kier alpha value is -3.66. The maximum absolute atomic E-state index is 12.9. The number of nitrogens with one attached hydrogen (secondary N) is 2. The smallest absolute Gasteiger partial charge is 0.264 e. The summed E-state index contributed by atoms with van der Waals surface area (Å²) in [6.45, 7) is 1.15. The maximum atomic E-state index is 12.9. The number of ether oxygens (including phenoxy) is 1. The van der Waals surface area contributed by atoms with Crippen LogP contribution in [0.15, 0.2) is 90.0 Å². The van der Waals surface area contributed by atoms with Crippen LogP contribution >= 0.6 is 0 Å².